The van der Waals surface area contributed by atoms with Gasteiger partial charge in [0, 0.05) is 18.2 Å². The highest BCUT2D eigenvalue weighted by molar-refractivity contribution is 7.39. The van der Waals surface area contributed by atoms with Crippen LogP contribution in [-0.4, -0.2) is 12.0 Å². The Morgan fingerprint density at radius 2 is 1.70 bits per heavy atom. The highest BCUT2D eigenvalue weighted by atomic mass is 31.1. The molecule has 104 valence electrons. The van der Waals surface area contributed by atoms with E-state index in [0.717, 1.165) is 17.0 Å². The summed E-state index contributed by atoms with van der Waals surface area (Å²) < 4.78 is 16.9. The lowest BCUT2D eigenvalue weighted by molar-refractivity contribution is 0.415. The molecule has 2 rings (SSSR count). The Morgan fingerprint density at radius 3 is 2.20 bits per heavy atom. The Kier molecular flexibility index (Phi) is 4.38. The highest BCUT2D eigenvalue weighted by Crippen LogP contribution is 2.44. The summed E-state index contributed by atoms with van der Waals surface area (Å²) in [6, 6.07) is 16.5. The van der Waals surface area contributed by atoms with Gasteiger partial charge < -0.3 is 10.1 Å². The van der Waals surface area contributed by atoms with Crippen molar-refractivity contribution in [2.24, 2.45) is 0 Å². The Morgan fingerprint density at radius 1 is 1.10 bits per heavy atom. The van der Waals surface area contributed by atoms with Gasteiger partial charge in [0.2, 0.25) is 0 Å². The number of ether oxygens (including phenoxy) is 1. The highest BCUT2D eigenvalue weighted by Gasteiger charge is 2.46. The van der Waals surface area contributed by atoms with Gasteiger partial charge in [-0.15, -0.1) is 0 Å². The molecule has 0 saturated heterocycles. The van der Waals surface area contributed by atoms with E-state index in [4.69, 9.17) is 4.74 Å². The molecule has 0 spiro atoms. The van der Waals surface area contributed by atoms with E-state index in [-0.39, 0.29) is 0 Å². The Balaban J connectivity index is 2.32. The van der Waals surface area contributed by atoms with Crippen molar-refractivity contribution in [1.82, 2.24) is 0 Å². The number of hydrogen-bond donors (Lipinski definition) is 2. The largest absolute Gasteiger partial charge is 0.538 e. The number of anilines is 1. The zero-order chi connectivity index (χ0) is 14.6. The molecule has 2 N–H and O–H groups in total. The topological polar surface area (TPSA) is 58.6 Å². The summed E-state index contributed by atoms with van der Waals surface area (Å²) in [6.45, 7) is 1.71. The Bertz CT molecular complexity index is 586. The summed E-state index contributed by atoms with van der Waals surface area (Å²) in [4.78, 5) is 9.71. The third-order valence-corrected chi connectivity index (χ3v) is 4.33. The quantitative estimate of drug-likeness (QED) is 0.824. The molecule has 0 fully saturated rings. The van der Waals surface area contributed by atoms with Crippen LogP contribution in [0.4, 0.5) is 5.69 Å². The molecular weight excluding hydrogens is 273 g/mol. The average Bonchev–Trinajstić information content (AvgIpc) is 2.48. The first-order valence-electron chi connectivity index (χ1n) is 6.20. The minimum atomic E-state index is -2.45. The third kappa shape index (κ3) is 2.98. The van der Waals surface area contributed by atoms with E-state index in [1.54, 1.807) is 26.2 Å². The monoisotopic (exact) mass is 290 g/mol. The van der Waals surface area contributed by atoms with E-state index in [1.165, 1.54) is 0 Å². The van der Waals surface area contributed by atoms with Gasteiger partial charge in [-0.3, -0.25) is 0 Å². The molecule has 0 aliphatic rings. The second kappa shape index (κ2) is 6.04. The van der Waals surface area contributed by atoms with Crippen molar-refractivity contribution < 1.29 is 14.2 Å². The SMILES string of the molecule is COc1ccc(NC(C)(c2ccccc2)[P+](=O)O)cc1. The summed E-state index contributed by atoms with van der Waals surface area (Å²) in [5.74, 6) is 0.741. The summed E-state index contributed by atoms with van der Waals surface area (Å²) in [6.07, 6.45) is 0. The van der Waals surface area contributed by atoms with E-state index in [2.05, 4.69) is 5.32 Å². The minimum absolute atomic E-state index is 0.741. The van der Waals surface area contributed by atoms with Crippen molar-refractivity contribution >= 4 is 13.7 Å². The van der Waals surface area contributed by atoms with Crippen LogP contribution < -0.4 is 10.1 Å². The molecule has 2 unspecified atom stereocenters. The van der Waals surface area contributed by atoms with Gasteiger partial charge in [-0.2, -0.15) is 4.89 Å². The predicted octanol–water partition coefficient (Wildman–Crippen LogP) is 3.71. The molecule has 0 aliphatic carbocycles. The molecule has 2 aromatic carbocycles. The fourth-order valence-corrected chi connectivity index (χ4v) is 2.54. The zero-order valence-electron chi connectivity index (χ0n) is 11.4. The van der Waals surface area contributed by atoms with Crippen molar-refractivity contribution in [3.63, 3.8) is 0 Å². The molecular formula is C15H17NO3P+. The first-order valence-corrected chi connectivity index (χ1v) is 7.41. The van der Waals surface area contributed by atoms with Gasteiger partial charge in [-0.25, -0.2) is 0 Å². The lowest BCUT2D eigenvalue weighted by Crippen LogP contribution is -2.27. The standard InChI is InChI=1S/C15H16NO3P/c1-15(20(17)18,12-6-4-3-5-7-12)16-13-8-10-14(19-2)11-9-13/h3-11,16H,1-2H3/p+1. The van der Waals surface area contributed by atoms with Crippen LogP contribution in [0.15, 0.2) is 54.6 Å². The number of rotatable bonds is 5. The molecule has 20 heavy (non-hydrogen) atoms. The normalized spacial score (nSPS) is 14.2. The van der Waals surface area contributed by atoms with Gasteiger partial charge in [-0.1, -0.05) is 30.3 Å². The summed E-state index contributed by atoms with van der Waals surface area (Å²) in [5.41, 5.74) is 1.52. The number of nitrogens with one attached hydrogen (secondary N) is 1. The van der Waals surface area contributed by atoms with Crippen molar-refractivity contribution in [3.8, 4) is 5.75 Å². The van der Waals surface area contributed by atoms with Gasteiger partial charge in [0.15, 0.2) is 0 Å². The second-order valence-electron chi connectivity index (χ2n) is 4.56. The molecule has 2 aromatic rings. The van der Waals surface area contributed by atoms with E-state index >= 15 is 0 Å². The molecule has 0 bridgehead atoms. The maximum atomic E-state index is 11.8. The zero-order valence-corrected chi connectivity index (χ0v) is 12.3. The van der Waals surface area contributed by atoms with Gasteiger partial charge in [0.25, 0.3) is 5.28 Å². The van der Waals surface area contributed by atoms with E-state index in [9.17, 15) is 9.46 Å². The fraction of sp³-hybridized carbons (Fsp3) is 0.200. The Labute approximate surface area is 119 Å². The first-order chi connectivity index (χ1) is 9.56. The molecule has 0 aromatic heterocycles. The molecule has 5 heteroatoms. The second-order valence-corrected chi connectivity index (χ2v) is 6.00. The van der Waals surface area contributed by atoms with Crippen LogP contribution in [0, 0.1) is 0 Å². The summed E-state index contributed by atoms with van der Waals surface area (Å²) in [7, 11) is -0.851. The summed E-state index contributed by atoms with van der Waals surface area (Å²) in [5, 5.41) is 2.10. The Hall–Kier alpha value is -1.90. The minimum Gasteiger partial charge on any atom is -0.497 e. The predicted molar refractivity (Wildman–Crippen MR) is 80.2 cm³/mol. The van der Waals surface area contributed by atoms with Crippen LogP contribution in [0.25, 0.3) is 0 Å². The van der Waals surface area contributed by atoms with Crippen molar-refractivity contribution in [1.29, 1.82) is 0 Å². The smallest absolute Gasteiger partial charge is 0.497 e. The van der Waals surface area contributed by atoms with E-state index in [1.807, 2.05) is 42.5 Å². The number of hydrogen-bond acceptors (Lipinski definition) is 3. The fourth-order valence-electron chi connectivity index (χ4n) is 1.95. The average molecular weight is 290 g/mol. The first kappa shape index (κ1) is 14.5. The third-order valence-electron chi connectivity index (χ3n) is 3.20. The molecule has 0 saturated carbocycles. The van der Waals surface area contributed by atoms with Crippen LogP contribution in [-0.2, 0) is 9.85 Å². The molecule has 4 nitrogen and oxygen atoms in total. The lowest BCUT2D eigenvalue weighted by atomic mass is 10.1. The van der Waals surface area contributed by atoms with Crippen molar-refractivity contribution in [2.45, 2.75) is 12.2 Å². The molecule has 0 amide bonds. The number of methoxy groups -OCH3 is 1. The summed E-state index contributed by atoms with van der Waals surface area (Å²) >= 11 is 0. The molecule has 2 atom stereocenters. The van der Waals surface area contributed by atoms with Crippen LogP contribution in [0.3, 0.4) is 0 Å². The van der Waals surface area contributed by atoms with Crippen molar-refractivity contribution in [3.05, 3.63) is 60.2 Å². The molecule has 0 radical (unpaired) electrons. The van der Waals surface area contributed by atoms with Gasteiger partial charge in [0.05, 0.1) is 7.11 Å². The van der Waals surface area contributed by atoms with E-state index < -0.39 is 13.3 Å². The van der Waals surface area contributed by atoms with Gasteiger partial charge in [0.1, 0.15) is 5.75 Å². The van der Waals surface area contributed by atoms with Gasteiger partial charge >= 0.3 is 8.03 Å². The maximum Gasteiger partial charge on any atom is 0.538 e. The van der Waals surface area contributed by atoms with Crippen LogP contribution in [0.1, 0.15) is 12.5 Å². The molecule has 0 aliphatic heterocycles. The van der Waals surface area contributed by atoms with E-state index in [0.29, 0.717) is 0 Å². The maximum absolute atomic E-state index is 11.8. The van der Waals surface area contributed by atoms with Crippen LogP contribution >= 0.6 is 8.03 Å². The number of benzene rings is 2. The van der Waals surface area contributed by atoms with Crippen molar-refractivity contribution in [2.75, 3.05) is 12.4 Å². The van der Waals surface area contributed by atoms with Gasteiger partial charge in [-0.05, 0) is 28.8 Å². The lowest BCUT2D eigenvalue weighted by Gasteiger charge is -2.20. The van der Waals surface area contributed by atoms with Crippen LogP contribution in [0.2, 0.25) is 0 Å². The molecule has 0 heterocycles. The van der Waals surface area contributed by atoms with Crippen LogP contribution in [0.5, 0.6) is 5.75 Å².